The van der Waals surface area contributed by atoms with E-state index in [0.29, 0.717) is 25.5 Å². The normalized spacial score (nSPS) is 19.9. The fourth-order valence-electron chi connectivity index (χ4n) is 3.89. The zero-order valence-electron chi connectivity index (χ0n) is 15.4. The molecule has 0 spiro atoms. The Kier molecular flexibility index (Phi) is 10.4. The largest absolute Gasteiger partial charge is 0.384 e. The Morgan fingerprint density at radius 1 is 1.12 bits per heavy atom. The van der Waals surface area contributed by atoms with Gasteiger partial charge in [0, 0.05) is 25.5 Å². The fourth-order valence-corrected chi connectivity index (χ4v) is 3.89. The van der Waals surface area contributed by atoms with Crippen LogP contribution in [0.15, 0.2) is 0 Å². The van der Waals surface area contributed by atoms with Gasteiger partial charge in [-0.25, -0.2) is 0 Å². The maximum absolute atomic E-state index is 12.0. The van der Waals surface area contributed by atoms with Crippen LogP contribution < -0.4 is 16.0 Å². The van der Waals surface area contributed by atoms with E-state index < -0.39 is 0 Å². The van der Waals surface area contributed by atoms with Gasteiger partial charge in [-0.3, -0.25) is 9.59 Å². The summed E-state index contributed by atoms with van der Waals surface area (Å²) >= 11 is 0. The van der Waals surface area contributed by atoms with Crippen molar-refractivity contribution < 1.29 is 14.3 Å². The standard InChI is InChI=1S/C18H33N3O3.ClH/c1-24-14-18(8-10-19-11-9-18)13-21-17(23)12-20-16(22)7-6-15-4-2-3-5-15;/h15,19H,2-14H2,1H3,(H,20,22)(H,21,23);1H. The van der Waals surface area contributed by atoms with E-state index in [0.717, 1.165) is 32.4 Å². The van der Waals surface area contributed by atoms with E-state index >= 15 is 0 Å². The van der Waals surface area contributed by atoms with Crippen LogP contribution in [0.1, 0.15) is 51.4 Å². The molecule has 2 rings (SSSR count). The molecule has 1 heterocycles. The van der Waals surface area contributed by atoms with Crippen molar-refractivity contribution in [3.8, 4) is 0 Å². The summed E-state index contributed by atoms with van der Waals surface area (Å²) in [6, 6.07) is 0. The number of carbonyl (C=O) groups excluding carboxylic acids is 2. The third-order valence-electron chi connectivity index (χ3n) is 5.48. The number of hydrogen-bond acceptors (Lipinski definition) is 4. The summed E-state index contributed by atoms with van der Waals surface area (Å²) in [5.74, 6) is 0.585. The third-order valence-corrected chi connectivity index (χ3v) is 5.48. The van der Waals surface area contributed by atoms with Gasteiger partial charge in [-0.2, -0.15) is 0 Å². The van der Waals surface area contributed by atoms with Crippen molar-refractivity contribution in [3.05, 3.63) is 0 Å². The molecule has 25 heavy (non-hydrogen) atoms. The summed E-state index contributed by atoms with van der Waals surface area (Å²) in [6.07, 6.45) is 8.59. The predicted octanol–water partition coefficient (Wildman–Crippen LogP) is 1.63. The molecule has 146 valence electrons. The molecule has 1 aliphatic carbocycles. The van der Waals surface area contributed by atoms with E-state index in [4.69, 9.17) is 4.74 Å². The summed E-state index contributed by atoms with van der Waals surface area (Å²) in [5, 5.41) is 9.05. The van der Waals surface area contributed by atoms with E-state index in [1.807, 2.05) is 0 Å². The molecule has 0 unspecified atom stereocenters. The lowest BCUT2D eigenvalue weighted by Gasteiger charge is -2.37. The number of amides is 2. The minimum absolute atomic E-state index is 0. The lowest BCUT2D eigenvalue weighted by atomic mass is 9.79. The highest BCUT2D eigenvalue weighted by atomic mass is 35.5. The lowest BCUT2D eigenvalue weighted by Crippen LogP contribution is -2.48. The second-order valence-electron chi connectivity index (χ2n) is 7.43. The Morgan fingerprint density at radius 2 is 1.80 bits per heavy atom. The highest BCUT2D eigenvalue weighted by molar-refractivity contribution is 5.85. The molecule has 0 aromatic carbocycles. The Bertz CT molecular complexity index is 403. The first-order chi connectivity index (χ1) is 11.6. The number of carbonyl (C=O) groups is 2. The van der Waals surface area contributed by atoms with Crippen LogP contribution in [0.3, 0.4) is 0 Å². The van der Waals surface area contributed by atoms with Crippen LogP contribution in [0, 0.1) is 11.3 Å². The van der Waals surface area contributed by atoms with Crippen LogP contribution >= 0.6 is 12.4 Å². The zero-order valence-corrected chi connectivity index (χ0v) is 16.2. The minimum atomic E-state index is -0.113. The van der Waals surface area contributed by atoms with Gasteiger partial charge < -0.3 is 20.7 Å². The first-order valence-electron chi connectivity index (χ1n) is 9.37. The van der Waals surface area contributed by atoms with Gasteiger partial charge >= 0.3 is 0 Å². The average molecular weight is 376 g/mol. The molecule has 0 atom stereocenters. The number of hydrogen-bond donors (Lipinski definition) is 3. The van der Waals surface area contributed by atoms with Gasteiger partial charge in [0.25, 0.3) is 0 Å². The van der Waals surface area contributed by atoms with Gasteiger partial charge in [0.1, 0.15) is 0 Å². The SMILES string of the molecule is COCC1(CNC(=O)CNC(=O)CCC2CCCC2)CCNCC1.Cl. The molecule has 0 radical (unpaired) electrons. The molecule has 1 saturated carbocycles. The van der Waals surface area contributed by atoms with E-state index in [2.05, 4.69) is 16.0 Å². The van der Waals surface area contributed by atoms with Gasteiger partial charge in [0.15, 0.2) is 0 Å². The van der Waals surface area contributed by atoms with Gasteiger partial charge in [-0.15, -0.1) is 12.4 Å². The highest BCUT2D eigenvalue weighted by Crippen LogP contribution is 2.29. The van der Waals surface area contributed by atoms with Crippen molar-refractivity contribution in [2.75, 3.05) is 39.9 Å². The number of ether oxygens (including phenoxy) is 1. The average Bonchev–Trinajstić information content (AvgIpc) is 3.11. The molecule has 7 heteroatoms. The minimum Gasteiger partial charge on any atom is -0.384 e. The molecule has 3 N–H and O–H groups in total. The molecule has 0 aromatic heterocycles. The van der Waals surface area contributed by atoms with Gasteiger partial charge in [0.05, 0.1) is 13.2 Å². The number of nitrogens with one attached hydrogen (secondary N) is 3. The summed E-state index contributed by atoms with van der Waals surface area (Å²) in [7, 11) is 1.70. The van der Waals surface area contributed by atoms with Gasteiger partial charge in [-0.05, 0) is 38.3 Å². The first kappa shape index (κ1) is 22.2. The zero-order chi connectivity index (χ0) is 17.3. The number of piperidine rings is 1. The molecule has 6 nitrogen and oxygen atoms in total. The van der Waals surface area contributed by atoms with Crippen LogP contribution in [0.25, 0.3) is 0 Å². The summed E-state index contributed by atoms with van der Waals surface area (Å²) in [6.45, 7) is 3.25. The second kappa shape index (κ2) is 11.7. The molecule has 2 amide bonds. The monoisotopic (exact) mass is 375 g/mol. The van der Waals surface area contributed by atoms with Crippen molar-refractivity contribution in [3.63, 3.8) is 0 Å². The number of rotatable bonds is 9. The van der Waals surface area contributed by atoms with E-state index in [9.17, 15) is 9.59 Å². The third kappa shape index (κ3) is 7.92. The molecular weight excluding hydrogens is 342 g/mol. The number of methoxy groups -OCH3 is 1. The van der Waals surface area contributed by atoms with Crippen molar-refractivity contribution in [1.29, 1.82) is 0 Å². The van der Waals surface area contributed by atoms with Crippen molar-refractivity contribution in [2.24, 2.45) is 11.3 Å². The molecule has 2 fully saturated rings. The van der Waals surface area contributed by atoms with Crippen LogP contribution in [0.5, 0.6) is 0 Å². The predicted molar refractivity (Wildman–Crippen MR) is 101 cm³/mol. The fraction of sp³-hybridized carbons (Fsp3) is 0.889. The van der Waals surface area contributed by atoms with Gasteiger partial charge in [0.2, 0.25) is 11.8 Å². The first-order valence-corrected chi connectivity index (χ1v) is 9.37. The summed E-state index contributed by atoms with van der Waals surface area (Å²) in [4.78, 5) is 23.9. The smallest absolute Gasteiger partial charge is 0.239 e. The number of halogens is 1. The summed E-state index contributed by atoms with van der Waals surface area (Å²) < 4.78 is 5.35. The Labute approximate surface area is 157 Å². The van der Waals surface area contributed by atoms with Crippen molar-refractivity contribution >= 4 is 24.2 Å². The summed E-state index contributed by atoms with van der Waals surface area (Å²) in [5.41, 5.74) is 0.0160. The quantitative estimate of drug-likeness (QED) is 0.572. The molecule has 2 aliphatic rings. The lowest BCUT2D eigenvalue weighted by molar-refractivity contribution is -0.126. The van der Waals surface area contributed by atoms with Crippen LogP contribution in [0.2, 0.25) is 0 Å². The topological polar surface area (TPSA) is 79.5 Å². The van der Waals surface area contributed by atoms with E-state index in [1.165, 1.54) is 25.7 Å². The maximum atomic E-state index is 12.0. The van der Waals surface area contributed by atoms with E-state index in [-0.39, 0.29) is 36.2 Å². The van der Waals surface area contributed by atoms with Crippen LogP contribution in [-0.2, 0) is 14.3 Å². The van der Waals surface area contributed by atoms with Crippen LogP contribution in [-0.4, -0.2) is 51.7 Å². The molecule has 0 bridgehead atoms. The Balaban J connectivity index is 0.00000312. The second-order valence-corrected chi connectivity index (χ2v) is 7.43. The molecule has 1 saturated heterocycles. The van der Waals surface area contributed by atoms with Crippen molar-refractivity contribution in [1.82, 2.24) is 16.0 Å². The van der Waals surface area contributed by atoms with Crippen molar-refractivity contribution in [2.45, 2.75) is 51.4 Å². The Hall–Kier alpha value is -0.850. The van der Waals surface area contributed by atoms with E-state index in [1.54, 1.807) is 7.11 Å². The molecule has 1 aliphatic heterocycles. The molecular formula is C18H34ClN3O3. The Morgan fingerprint density at radius 3 is 2.44 bits per heavy atom. The van der Waals surface area contributed by atoms with Gasteiger partial charge in [-0.1, -0.05) is 25.7 Å². The van der Waals surface area contributed by atoms with Crippen LogP contribution in [0.4, 0.5) is 0 Å². The molecule has 0 aromatic rings. The highest BCUT2D eigenvalue weighted by Gasteiger charge is 2.32. The maximum Gasteiger partial charge on any atom is 0.239 e.